The zero-order valence-corrected chi connectivity index (χ0v) is 11.9. The molecule has 5 nitrogen and oxygen atoms in total. The van der Waals surface area contributed by atoms with Gasteiger partial charge in [-0.15, -0.1) is 0 Å². The van der Waals surface area contributed by atoms with E-state index < -0.39 is 11.7 Å². The van der Waals surface area contributed by atoms with Gasteiger partial charge in [-0.1, -0.05) is 19.1 Å². The monoisotopic (exact) mass is 311 g/mol. The largest absolute Gasteiger partial charge is 0.418 e. The van der Waals surface area contributed by atoms with Crippen molar-refractivity contribution in [2.24, 2.45) is 0 Å². The normalized spacial score (nSPS) is 11.3. The van der Waals surface area contributed by atoms with Crippen LogP contribution in [-0.4, -0.2) is 16.5 Å². The quantitative estimate of drug-likeness (QED) is 0.786. The number of hydrogen-bond donors (Lipinski definition) is 3. The Morgan fingerprint density at radius 2 is 1.82 bits per heavy atom. The van der Waals surface area contributed by atoms with Gasteiger partial charge in [-0.05, 0) is 18.6 Å². The third-order valence-corrected chi connectivity index (χ3v) is 2.91. The summed E-state index contributed by atoms with van der Waals surface area (Å²) in [5, 5.41) is 5.62. The second kappa shape index (κ2) is 6.50. The molecule has 0 amide bonds. The first-order valence-corrected chi connectivity index (χ1v) is 6.71. The zero-order chi connectivity index (χ0) is 16.2. The number of hydrogen-bond acceptors (Lipinski definition) is 5. The van der Waals surface area contributed by atoms with Crippen LogP contribution in [-0.2, 0) is 6.18 Å². The SMILES string of the molecule is CCCNc1ncnc(Nc2ccccc2C(F)(F)F)c1N. The molecule has 0 aliphatic heterocycles. The molecule has 1 heterocycles. The van der Waals surface area contributed by atoms with Crippen LogP contribution in [0.5, 0.6) is 0 Å². The summed E-state index contributed by atoms with van der Waals surface area (Å²) in [6.45, 7) is 2.63. The van der Waals surface area contributed by atoms with Gasteiger partial charge in [-0.3, -0.25) is 0 Å². The first kappa shape index (κ1) is 15.9. The van der Waals surface area contributed by atoms with E-state index in [0.29, 0.717) is 12.4 Å². The van der Waals surface area contributed by atoms with Crippen LogP contribution >= 0.6 is 0 Å². The Morgan fingerprint density at radius 1 is 1.14 bits per heavy atom. The molecule has 2 aromatic rings. The van der Waals surface area contributed by atoms with E-state index >= 15 is 0 Å². The third-order valence-electron chi connectivity index (χ3n) is 2.91. The van der Waals surface area contributed by atoms with E-state index in [4.69, 9.17) is 5.73 Å². The van der Waals surface area contributed by atoms with Crippen LogP contribution in [0.4, 0.5) is 36.2 Å². The molecule has 0 atom stereocenters. The van der Waals surface area contributed by atoms with Crippen molar-refractivity contribution >= 4 is 23.0 Å². The molecule has 0 bridgehead atoms. The lowest BCUT2D eigenvalue weighted by Gasteiger charge is -2.16. The molecule has 0 saturated heterocycles. The number of nitrogens with two attached hydrogens (primary N) is 1. The highest BCUT2D eigenvalue weighted by molar-refractivity contribution is 5.78. The zero-order valence-electron chi connectivity index (χ0n) is 11.9. The molecule has 0 fully saturated rings. The van der Waals surface area contributed by atoms with Gasteiger partial charge < -0.3 is 16.4 Å². The number of nitrogens with zero attached hydrogens (tertiary/aromatic N) is 2. The summed E-state index contributed by atoms with van der Waals surface area (Å²) in [7, 11) is 0. The molecule has 1 aromatic carbocycles. The molecule has 0 saturated carbocycles. The smallest absolute Gasteiger partial charge is 0.393 e. The molecule has 118 valence electrons. The highest BCUT2D eigenvalue weighted by atomic mass is 19.4. The summed E-state index contributed by atoms with van der Waals surface area (Å²) in [5.74, 6) is 0.522. The lowest BCUT2D eigenvalue weighted by Crippen LogP contribution is -2.11. The summed E-state index contributed by atoms with van der Waals surface area (Å²) in [6, 6.07) is 5.15. The predicted molar refractivity (Wildman–Crippen MR) is 80.0 cm³/mol. The van der Waals surface area contributed by atoms with Crippen molar-refractivity contribution in [1.82, 2.24) is 9.97 Å². The van der Waals surface area contributed by atoms with Crippen LogP contribution in [0.2, 0.25) is 0 Å². The lowest BCUT2D eigenvalue weighted by atomic mass is 10.1. The minimum absolute atomic E-state index is 0.109. The topological polar surface area (TPSA) is 75.9 Å². The minimum atomic E-state index is -4.46. The van der Waals surface area contributed by atoms with Crippen LogP contribution in [0.1, 0.15) is 18.9 Å². The van der Waals surface area contributed by atoms with Crippen molar-refractivity contribution < 1.29 is 13.2 Å². The van der Waals surface area contributed by atoms with Gasteiger partial charge in [0.05, 0.1) is 11.3 Å². The Labute approximate surface area is 125 Å². The average molecular weight is 311 g/mol. The number of halogens is 3. The van der Waals surface area contributed by atoms with Crippen molar-refractivity contribution in [3.8, 4) is 0 Å². The Bertz CT molecular complexity index is 643. The molecule has 2 rings (SSSR count). The van der Waals surface area contributed by atoms with Crippen molar-refractivity contribution in [3.05, 3.63) is 36.2 Å². The van der Waals surface area contributed by atoms with Gasteiger partial charge in [0.25, 0.3) is 0 Å². The summed E-state index contributed by atoms with van der Waals surface area (Å²) in [6.07, 6.45) is -2.36. The molecular weight excluding hydrogens is 295 g/mol. The predicted octanol–water partition coefficient (Wildman–Crippen LogP) is 3.64. The highest BCUT2D eigenvalue weighted by Gasteiger charge is 2.33. The minimum Gasteiger partial charge on any atom is -0.393 e. The van der Waals surface area contributed by atoms with Crippen LogP contribution in [0.15, 0.2) is 30.6 Å². The van der Waals surface area contributed by atoms with Crippen LogP contribution in [0.3, 0.4) is 0 Å². The number of alkyl halides is 3. The first-order chi connectivity index (χ1) is 10.4. The van der Waals surface area contributed by atoms with Crippen molar-refractivity contribution in [2.45, 2.75) is 19.5 Å². The van der Waals surface area contributed by atoms with E-state index in [9.17, 15) is 13.2 Å². The van der Waals surface area contributed by atoms with E-state index in [2.05, 4.69) is 20.6 Å². The van der Waals surface area contributed by atoms with Gasteiger partial charge in [0.15, 0.2) is 11.6 Å². The Hall–Kier alpha value is -2.51. The summed E-state index contributed by atoms with van der Waals surface area (Å²) < 4.78 is 38.9. The maximum absolute atomic E-state index is 13.0. The standard InChI is InChI=1S/C14H16F3N5/c1-2-7-19-12-11(18)13(21-8-20-12)22-10-6-4-3-5-9(10)14(15,16)17/h3-6,8H,2,7,18H2,1H3,(H2,19,20,21,22). The molecule has 0 spiro atoms. The van der Waals surface area contributed by atoms with E-state index in [-0.39, 0.29) is 17.2 Å². The van der Waals surface area contributed by atoms with Gasteiger partial charge in [-0.2, -0.15) is 13.2 Å². The summed E-state index contributed by atoms with van der Waals surface area (Å²) >= 11 is 0. The van der Waals surface area contributed by atoms with Gasteiger partial charge in [0.1, 0.15) is 12.0 Å². The molecule has 0 radical (unpaired) electrons. The molecule has 0 aliphatic carbocycles. The van der Waals surface area contributed by atoms with Crippen LogP contribution in [0, 0.1) is 0 Å². The number of nitrogen functional groups attached to an aromatic ring is 1. The molecule has 0 aliphatic rings. The van der Waals surface area contributed by atoms with E-state index in [0.717, 1.165) is 12.5 Å². The highest BCUT2D eigenvalue weighted by Crippen LogP contribution is 2.36. The van der Waals surface area contributed by atoms with Gasteiger partial charge in [0.2, 0.25) is 0 Å². The molecular formula is C14H16F3N5. The number of aromatic nitrogens is 2. The number of anilines is 4. The maximum Gasteiger partial charge on any atom is 0.418 e. The maximum atomic E-state index is 13.0. The third kappa shape index (κ3) is 3.57. The van der Waals surface area contributed by atoms with Crippen molar-refractivity contribution in [3.63, 3.8) is 0 Å². The van der Waals surface area contributed by atoms with Crippen LogP contribution < -0.4 is 16.4 Å². The number of rotatable bonds is 5. The summed E-state index contributed by atoms with van der Waals surface area (Å²) in [5.41, 5.74) is 5.18. The fourth-order valence-corrected chi connectivity index (χ4v) is 1.85. The average Bonchev–Trinajstić information content (AvgIpc) is 2.47. The fourth-order valence-electron chi connectivity index (χ4n) is 1.85. The fraction of sp³-hybridized carbons (Fsp3) is 0.286. The Balaban J connectivity index is 2.32. The molecule has 0 unspecified atom stereocenters. The van der Waals surface area contributed by atoms with Crippen molar-refractivity contribution in [2.75, 3.05) is 22.9 Å². The van der Waals surface area contributed by atoms with Gasteiger partial charge >= 0.3 is 6.18 Å². The summed E-state index contributed by atoms with van der Waals surface area (Å²) in [4.78, 5) is 7.89. The first-order valence-electron chi connectivity index (χ1n) is 6.71. The molecule has 1 aromatic heterocycles. The Morgan fingerprint density at radius 3 is 2.50 bits per heavy atom. The molecule has 8 heteroatoms. The van der Waals surface area contributed by atoms with Crippen molar-refractivity contribution in [1.29, 1.82) is 0 Å². The van der Waals surface area contributed by atoms with Gasteiger partial charge in [0, 0.05) is 6.54 Å². The van der Waals surface area contributed by atoms with Gasteiger partial charge in [-0.25, -0.2) is 9.97 Å². The molecule has 22 heavy (non-hydrogen) atoms. The number of para-hydroxylation sites is 1. The van der Waals surface area contributed by atoms with E-state index in [1.165, 1.54) is 24.5 Å². The number of benzene rings is 1. The second-order valence-electron chi connectivity index (χ2n) is 4.58. The second-order valence-corrected chi connectivity index (χ2v) is 4.58. The van der Waals surface area contributed by atoms with Crippen LogP contribution in [0.25, 0.3) is 0 Å². The Kier molecular flexibility index (Phi) is 4.69. The lowest BCUT2D eigenvalue weighted by molar-refractivity contribution is -0.136. The number of nitrogens with one attached hydrogen (secondary N) is 2. The molecule has 4 N–H and O–H groups in total. The van der Waals surface area contributed by atoms with E-state index in [1.54, 1.807) is 0 Å². The van der Waals surface area contributed by atoms with E-state index in [1.807, 2.05) is 6.92 Å².